The average molecular weight is 484 g/mol. The average Bonchev–Trinajstić information content (AvgIpc) is 3.02. The summed E-state index contributed by atoms with van der Waals surface area (Å²) in [5.74, 6) is -0.447. The molecule has 1 aliphatic heterocycles. The van der Waals surface area contributed by atoms with Gasteiger partial charge in [-0.1, -0.05) is 12.5 Å². The first-order chi connectivity index (χ1) is 14.9. The van der Waals surface area contributed by atoms with Gasteiger partial charge in [0.2, 0.25) is 26.0 Å². The number of aryl methyl sites for hydroxylation is 1. The molecule has 1 aromatic heterocycles. The van der Waals surface area contributed by atoms with Gasteiger partial charge in [-0.2, -0.15) is 9.40 Å². The molecule has 3 rings (SSSR count). The van der Waals surface area contributed by atoms with Gasteiger partial charge >= 0.3 is 0 Å². The first-order valence-corrected chi connectivity index (χ1v) is 13.2. The lowest BCUT2D eigenvalue weighted by Gasteiger charge is -2.25. The number of sulfonamides is 2. The van der Waals surface area contributed by atoms with E-state index in [4.69, 9.17) is 0 Å². The van der Waals surface area contributed by atoms with Gasteiger partial charge in [-0.3, -0.25) is 9.48 Å². The molecule has 1 aliphatic rings. The van der Waals surface area contributed by atoms with Crippen molar-refractivity contribution >= 4 is 31.6 Å². The molecular formula is C20H29N5O5S2. The number of nitrogens with zero attached hydrogens (tertiary/aromatic N) is 4. The molecule has 0 aliphatic carbocycles. The number of rotatable bonds is 7. The van der Waals surface area contributed by atoms with Gasteiger partial charge in [0.15, 0.2) is 0 Å². The zero-order valence-electron chi connectivity index (χ0n) is 18.7. The smallest absolute Gasteiger partial charge is 0.246 e. The van der Waals surface area contributed by atoms with E-state index in [0.29, 0.717) is 30.2 Å². The SMILES string of the molecule is Cc1nn(CC(=O)Nc2cccc(S(=O)(=O)N(C)C)c2)c(C)c1S(=O)(=O)N1CCCCC1. The molecule has 0 unspecified atom stereocenters. The van der Waals surface area contributed by atoms with Crippen LogP contribution in [0, 0.1) is 13.8 Å². The summed E-state index contributed by atoms with van der Waals surface area (Å²) in [6.45, 7) is 4.02. The number of carbonyl (C=O) groups is 1. The molecule has 2 aromatic rings. The van der Waals surface area contributed by atoms with Crippen LogP contribution in [0.3, 0.4) is 0 Å². The van der Waals surface area contributed by atoms with Gasteiger partial charge in [0.1, 0.15) is 11.4 Å². The van der Waals surface area contributed by atoms with Crippen molar-refractivity contribution in [1.29, 1.82) is 0 Å². The van der Waals surface area contributed by atoms with Gasteiger partial charge in [0.25, 0.3) is 0 Å². The van der Waals surface area contributed by atoms with Crippen molar-refractivity contribution in [3.63, 3.8) is 0 Å². The monoisotopic (exact) mass is 483 g/mol. The van der Waals surface area contributed by atoms with Gasteiger partial charge in [-0.15, -0.1) is 0 Å². The van der Waals surface area contributed by atoms with Crippen LogP contribution in [-0.2, 0) is 31.4 Å². The van der Waals surface area contributed by atoms with Crippen LogP contribution in [0.2, 0.25) is 0 Å². The molecule has 0 bridgehead atoms. The van der Waals surface area contributed by atoms with E-state index in [1.807, 2.05) is 0 Å². The summed E-state index contributed by atoms with van der Waals surface area (Å²) in [6.07, 6.45) is 2.67. The standard InChI is InChI=1S/C20H29N5O5S2/c1-15-20(32(29,30)24-11-6-5-7-12-24)16(2)25(22-15)14-19(26)21-17-9-8-10-18(13-17)31(27,28)23(3)4/h8-10,13H,5-7,11-12,14H2,1-4H3,(H,21,26). The van der Waals surface area contributed by atoms with Crippen molar-refractivity contribution in [2.24, 2.45) is 0 Å². The number of hydrogen-bond donors (Lipinski definition) is 1. The van der Waals surface area contributed by atoms with Gasteiger partial charge < -0.3 is 5.32 Å². The second-order valence-electron chi connectivity index (χ2n) is 7.99. The maximum absolute atomic E-state index is 13.1. The zero-order chi connectivity index (χ0) is 23.7. The van der Waals surface area contributed by atoms with Gasteiger partial charge in [0, 0.05) is 32.9 Å². The summed E-state index contributed by atoms with van der Waals surface area (Å²) in [5.41, 5.74) is 1.06. The highest BCUT2D eigenvalue weighted by Gasteiger charge is 2.32. The summed E-state index contributed by atoms with van der Waals surface area (Å²) < 4.78 is 54.8. The summed E-state index contributed by atoms with van der Waals surface area (Å²) in [6, 6.07) is 5.95. The molecule has 2 heterocycles. The van der Waals surface area contributed by atoms with E-state index in [-0.39, 0.29) is 16.3 Å². The van der Waals surface area contributed by atoms with Gasteiger partial charge in [-0.25, -0.2) is 21.1 Å². The highest BCUT2D eigenvalue weighted by atomic mass is 32.2. The number of hydrogen-bond acceptors (Lipinski definition) is 6. The fourth-order valence-electron chi connectivity index (χ4n) is 3.72. The van der Waals surface area contributed by atoms with Crippen LogP contribution in [0.25, 0.3) is 0 Å². The molecule has 32 heavy (non-hydrogen) atoms. The van der Waals surface area contributed by atoms with Crippen molar-refractivity contribution in [2.75, 3.05) is 32.5 Å². The van der Waals surface area contributed by atoms with Crippen LogP contribution in [0.4, 0.5) is 5.69 Å². The summed E-state index contributed by atoms with van der Waals surface area (Å²) >= 11 is 0. The van der Waals surface area contributed by atoms with E-state index in [1.165, 1.54) is 35.2 Å². The van der Waals surface area contributed by atoms with Crippen molar-refractivity contribution in [2.45, 2.75) is 49.4 Å². The Hall–Kier alpha value is -2.28. The van der Waals surface area contributed by atoms with Crippen LogP contribution in [0.1, 0.15) is 30.7 Å². The Bertz CT molecular complexity index is 1210. The number of benzene rings is 1. The molecule has 1 amide bonds. The Kier molecular flexibility index (Phi) is 7.08. The van der Waals surface area contributed by atoms with E-state index < -0.39 is 26.0 Å². The number of carbonyl (C=O) groups excluding carboxylic acids is 1. The number of aromatic nitrogens is 2. The number of anilines is 1. The highest BCUT2D eigenvalue weighted by Crippen LogP contribution is 2.26. The Labute approximate surface area is 189 Å². The summed E-state index contributed by atoms with van der Waals surface area (Å²) in [5, 5.41) is 6.94. The van der Waals surface area contributed by atoms with Crippen molar-refractivity contribution in [3.05, 3.63) is 35.7 Å². The van der Waals surface area contributed by atoms with Crippen LogP contribution < -0.4 is 5.32 Å². The molecule has 0 radical (unpaired) electrons. The van der Waals surface area contributed by atoms with Crippen LogP contribution in [0.15, 0.2) is 34.1 Å². The lowest BCUT2D eigenvalue weighted by Crippen LogP contribution is -2.36. The van der Waals surface area contributed by atoms with E-state index in [0.717, 1.165) is 23.6 Å². The lowest BCUT2D eigenvalue weighted by molar-refractivity contribution is -0.116. The Morgan fingerprint density at radius 3 is 2.38 bits per heavy atom. The maximum atomic E-state index is 13.1. The third kappa shape index (κ3) is 4.87. The highest BCUT2D eigenvalue weighted by molar-refractivity contribution is 7.89. The van der Waals surface area contributed by atoms with E-state index in [9.17, 15) is 21.6 Å². The fraction of sp³-hybridized carbons (Fsp3) is 0.500. The number of amides is 1. The maximum Gasteiger partial charge on any atom is 0.246 e. The van der Waals surface area contributed by atoms with Crippen molar-refractivity contribution in [1.82, 2.24) is 18.4 Å². The minimum Gasteiger partial charge on any atom is -0.324 e. The molecule has 1 fully saturated rings. The molecule has 0 atom stereocenters. The fourth-order valence-corrected chi connectivity index (χ4v) is 6.56. The second kappa shape index (κ2) is 9.30. The minimum atomic E-state index is -3.68. The van der Waals surface area contributed by atoms with Crippen molar-refractivity contribution < 1.29 is 21.6 Å². The predicted octanol–water partition coefficient (Wildman–Crippen LogP) is 1.56. The topological polar surface area (TPSA) is 122 Å². The number of nitrogens with one attached hydrogen (secondary N) is 1. The molecule has 0 saturated carbocycles. The van der Waals surface area contributed by atoms with E-state index in [2.05, 4.69) is 10.4 Å². The van der Waals surface area contributed by atoms with Gasteiger partial charge in [-0.05, 0) is 44.9 Å². The quantitative estimate of drug-likeness (QED) is 0.638. The van der Waals surface area contributed by atoms with E-state index in [1.54, 1.807) is 26.0 Å². The predicted molar refractivity (Wildman–Crippen MR) is 120 cm³/mol. The first-order valence-electron chi connectivity index (χ1n) is 10.3. The third-order valence-electron chi connectivity index (χ3n) is 5.42. The molecule has 0 spiro atoms. The Morgan fingerprint density at radius 2 is 1.75 bits per heavy atom. The second-order valence-corrected chi connectivity index (χ2v) is 12.0. The molecule has 176 valence electrons. The van der Waals surface area contributed by atoms with Crippen LogP contribution in [-0.4, -0.2) is 68.3 Å². The Balaban J connectivity index is 1.79. The molecular weight excluding hydrogens is 454 g/mol. The molecule has 1 aromatic carbocycles. The molecule has 12 heteroatoms. The Morgan fingerprint density at radius 1 is 1.09 bits per heavy atom. The largest absolute Gasteiger partial charge is 0.324 e. The van der Waals surface area contributed by atoms with Crippen molar-refractivity contribution in [3.8, 4) is 0 Å². The lowest BCUT2D eigenvalue weighted by atomic mass is 10.2. The van der Waals surface area contributed by atoms with Crippen LogP contribution >= 0.6 is 0 Å². The molecule has 10 nitrogen and oxygen atoms in total. The van der Waals surface area contributed by atoms with Gasteiger partial charge in [0.05, 0.1) is 16.3 Å². The summed E-state index contributed by atoms with van der Waals surface area (Å²) in [7, 11) is -4.46. The minimum absolute atomic E-state index is 0.0568. The zero-order valence-corrected chi connectivity index (χ0v) is 20.3. The summed E-state index contributed by atoms with van der Waals surface area (Å²) in [4.78, 5) is 12.8. The molecule has 1 saturated heterocycles. The molecule has 1 N–H and O–H groups in total. The normalized spacial score (nSPS) is 15.8. The van der Waals surface area contributed by atoms with E-state index >= 15 is 0 Å². The van der Waals surface area contributed by atoms with Crippen LogP contribution in [0.5, 0.6) is 0 Å². The number of piperidine rings is 1. The first kappa shape index (κ1) is 24.4. The third-order valence-corrected chi connectivity index (χ3v) is 9.38.